The molecule has 17 heavy (non-hydrogen) atoms. The molecule has 0 aliphatic rings. The van der Waals surface area contributed by atoms with Crippen molar-refractivity contribution < 1.29 is 4.39 Å². The summed E-state index contributed by atoms with van der Waals surface area (Å²) in [6.07, 6.45) is 0. The van der Waals surface area contributed by atoms with E-state index in [1.54, 1.807) is 23.6 Å². The summed E-state index contributed by atoms with van der Waals surface area (Å²) in [5.74, 6) is 0.471. The van der Waals surface area contributed by atoms with Crippen molar-refractivity contribution in [1.82, 2.24) is 14.8 Å². The van der Waals surface area contributed by atoms with E-state index in [0.29, 0.717) is 16.3 Å². The fourth-order valence-electron chi connectivity index (χ4n) is 1.59. The third-order valence-electron chi connectivity index (χ3n) is 2.69. The monoisotopic (exact) mass is 252 g/mol. The highest BCUT2D eigenvalue weighted by molar-refractivity contribution is 7.71. The van der Waals surface area contributed by atoms with Crippen LogP contribution >= 0.6 is 12.2 Å². The Balaban J connectivity index is 2.43. The van der Waals surface area contributed by atoms with Crippen molar-refractivity contribution in [2.75, 3.05) is 11.9 Å². The van der Waals surface area contributed by atoms with Gasteiger partial charge in [-0.2, -0.15) is 0 Å². The van der Waals surface area contributed by atoms with Crippen molar-refractivity contribution >= 4 is 23.9 Å². The summed E-state index contributed by atoms with van der Waals surface area (Å²) in [6.45, 7) is 1.73. The summed E-state index contributed by atoms with van der Waals surface area (Å²) in [5, 5.41) is 6.84. The van der Waals surface area contributed by atoms with Gasteiger partial charge < -0.3 is 4.90 Å². The molecule has 0 aliphatic carbocycles. The van der Waals surface area contributed by atoms with Crippen LogP contribution in [0.4, 0.5) is 16.0 Å². The second-order valence-electron chi connectivity index (χ2n) is 3.88. The third-order valence-corrected chi connectivity index (χ3v) is 3.05. The van der Waals surface area contributed by atoms with Gasteiger partial charge in [-0.25, -0.2) is 9.49 Å². The first-order valence-electron chi connectivity index (χ1n) is 5.12. The summed E-state index contributed by atoms with van der Waals surface area (Å²) >= 11 is 5.05. The summed E-state index contributed by atoms with van der Waals surface area (Å²) in [6, 6.07) is 4.93. The minimum atomic E-state index is -0.211. The average Bonchev–Trinajstić information content (AvgIpc) is 2.63. The number of nitrogens with one attached hydrogen (secondary N) is 1. The lowest BCUT2D eigenvalue weighted by atomic mass is 10.2. The van der Waals surface area contributed by atoms with E-state index in [1.165, 1.54) is 6.07 Å². The molecule has 1 heterocycles. The van der Waals surface area contributed by atoms with E-state index in [2.05, 4.69) is 10.2 Å². The highest BCUT2D eigenvalue weighted by Crippen LogP contribution is 2.23. The normalized spacial score (nSPS) is 10.6. The molecule has 0 saturated carbocycles. The van der Waals surface area contributed by atoms with Crippen LogP contribution in [0, 0.1) is 17.5 Å². The number of aromatic amines is 1. The van der Waals surface area contributed by atoms with E-state index in [1.807, 2.05) is 19.0 Å². The van der Waals surface area contributed by atoms with Gasteiger partial charge in [0.05, 0.1) is 0 Å². The van der Waals surface area contributed by atoms with Crippen molar-refractivity contribution in [3.8, 4) is 0 Å². The van der Waals surface area contributed by atoms with E-state index in [4.69, 9.17) is 12.2 Å². The first kappa shape index (κ1) is 11.8. The van der Waals surface area contributed by atoms with E-state index >= 15 is 0 Å². The topological polar surface area (TPSA) is 36.9 Å². The zero-order valence-corrected chi connectivity index (χ0v) is 10.7. The van der Waals surface area contributed by atoms with Crippen LogP contribution in [-0.4, -0.2) is 21.8 Å². The minimum Gasteiger partial charge on any atom is -0.314 e. The Labute approximate surface area is 104 Å². The Morgan fingerprint density at radius 2 is 2.18 bits per heavy atom. The number of nitrogens with zero attached hydrogens (tertiary/aromatic N) is 3. The molecule has 0 bridgehead atoms. The van der Waals surface area contributed by atoms with E-state index in [0.717, 1.165) is 5.69 Å². The maximum absolute atomic E-state index is 13.2. The third kappa shape index (κ3) is 2.08. The lowest BCUT2D eigenvalue weighted by Crippen LogP contribution is -2.14. The second-order valence-corrected chi connectivity index (χ2v) is 4.27. The van der Waals surface area contributed by atoms with Gasteiger partial charge in [0.1, 0.15) is 5.82 Å². The van der Waals surface area contributed by atoms with Crippen LogP contribution < -0.4 is 4.90 Å². The van der Waals surface area contributed by atoms with Crippen molar-refractivity contribution in [2.24, 2.45) is 7.05 Å². The maximum atomic E-state index is 13.2. The Kier molecular flexibility index (Phi) is 2.97. The fourth-order valence-corrected chi connectivity index (χ4v) is 1.72. The lowest BCUT2D eigenvalue weighted by molar-refractivity contribution is 0.618. The molecule has 2 rings (SSSR count). The highest BCUT2D eigenvalue weighted by Gasteiger charge is 2.11. The zero-order valence-electron chi connectivity index (χ0n) is 9.86. The predicted octanol–water partition coefficient (Wildman–Crippen LogP) is 2.69. The van der Waals surface area contributed by atoms with Crippen LogP contribution in [-0.2, 0) is 7.05 Å². The Hall–Kier alpha value is -1.69. The zero-order chi connectivity index (χ0) is 12.6. The van der Waals surface area contributed by atoms with Gasteiger partial charge in [0.15, 0.2) is 4.77 Å². The van der Waals surface area contributed by atoms with Gasteiger partial charge in [-0.1, -0.05) is 0 Å². The van der Waals surface area contributed by atoms with Crippen LogP contribution in [0.1, 0.15) is 5.56 Å². The molecule has 0 aliphatic heterocycles. The van der Waals surface area contributed by atoms with Gasteiger partial charge in [-0.05, 0) is 42.9 Å². The number of hydrogen-bond acceptors (Lipinski definition) is 3. The summed E-state index contributed by atoms with van der Waals surface area (Å²) in [7, 11) is 3.69. The molecule has 6 heteroatoms. The molecule has 4 nitrogen and oxygen atoms in total. The van der Waals surface area contributed by atoms with E-state index < -0.39 is 0 Å². The van der Waals surface area contributed by atoms with Crippen molar-refractivity contribution in [3.05, 3.63) is 34.4 Å². The largest absolute Gasteiger partial charge is 0.314 e. The van der Waals surface area contributed by atoms with Gasteiger partial charge in [0, 0.05) is 19.8 Å². The smallest absolute Gasteiger partial charge is 0.229 e. The van der Waals surface area contributed by atoms with Crippen LogP contribution in [0.25, 0.3) is 0 Å². The van der Waals surface area contributed by atoms with Gasteiger partial charge in [-0.15, -0.1) is 5.10 Å². The van der Waals surface area contributed by atoms with Crippen molar-refractivity contribution in [1.29, 1.82) is 0 Å². The lowest BCUT2D eigenvalue weighted by Gasteiger charge is -2.18. The highest BCUT2D eigenvalue weighted by atomic mass is 32.1. The average molecular weight is 252 g/mol. The van der Waals surface area contributed by atoms with Crippen molar-refractivity contribution in [3.63, 3.8) is 0 Å². The molecular weight excluding hydrogens is 239 g/mol. The summed E-state index contributed by atoms with van der Waals surface area (Å²) < 4.78 is 15.5. The number of aryl methyl sites for hydroxylation is 1. The van der Waals surface area contributed by atoms with Gasteiger partial charge >= 0.3 is 0 Å². The Morgan fingerprint density at radius 3 is 2.71 bits per heavy atom. The fraction of sp³-hybridized carbons (Fsp3) is 0.273. The van der Waals surface area contributed by atoms with Crippen LogP contribution in [0.15, 0.2) is 18.2 Å². The maximum Gasteiger partial charge on any atom is 0.229 e. The van der Waals surface area contributed by atoms with E-state index in [-0.39, 0.29) is 5.82 Å². The van der Waals surface area contributed by atoms with Gasteiger partial charge in [0.25, 0.3) is 0 Å². The molecule has 0 unspecified atom stereocenters. The second kappa shape index (κ2) is 4.29. The molecule has 1 aromatic heterocycles. The van der Waals surface area contributed by atoms with E-state index in [9.17, 15) is 4.39 Å². The van der Waals surface area contributed by atoms with Gasteiger partial charge in [-0.3, -0.25) is 4.57 Å². The quantitative estimate of drug-likeness (QED) is 0.835. The first-order chi connectivity index (χ1) is 8.00. The molecule has 90 valence electrons. The van der Waals surface area contributed by atoms with Crippen molar-refractivity contribution in [2.45, 2.75) is 6.92 Å². The van der Waals surface area contributed by atoms with Crippen LogP contribution in [0.2, 0.25) is 0 Å². The number of H-pyrrole nitrogens is 1. The molecule has 0 spiro atoms. The minimum absolute atomic E-state index is 0.211. The van der Waals surface area contributed by atoms with Crippen LogP contribution in [0.3, 0.4) is 0 Å². The predicted molar refractivity (Wildman–Crippen MR) is 67.6 cm³/mol. The Bertz CT molecular complexity index is 602. The Morgan fingerprint density at radius 1 is 1.47 bits per heavy atom. The number of aromatic nitrogens is 3. The number of benzene rings is 1. The summed E-state index contributed by atoms with van der Waals surface area (Å²) in [4.78, 5) is 1.85. The molecule has 0 fully saturated rings. The van der Waals surface area contributed by atoms with Gasteiger partial charge in [0.2, 0.25) is 5.95 Å². The standard InChI is InChI=1S/C11H13FN4S/c1-7-6-8(4-5-9(7)12)15(2)10-13-14-11(17)16(10)3/h4-6H,1-3H3,(H,14,17). The molecule has 0 amide bonds. The number of halogens is 1. The molecule has 1 aromatic carbocycles. The molecule has 0 radical (unpaired) electrons. The van der Waals surface area contributed by atoms with Crippen LogP contribution in [0.5, 0.6) is 0 Å². The molecule has 0 atom stereocenters. The molecule has 0 saturated heterocycles. The number of hydrogen-bond donors (Lipinski definition) is 1. The number of anilines is 2. The first-order valence-corrected chi connectivity index (χ1v) is 5.53. The summed E-state index contributed by atoms with van der Waals surface area (Å²) in [5.41, 5.74) is 1.46. The SMILES string of the molecule is Cc1cc(N(C)c2n[nH]c(=S)n2C)ccc1F. The number of rotatable bonds is 2. The molecular formula is C11H13FN4S. The molecule has 2 aromatic rings. The molecule has 1 N–H and O–H groups in total.